The van der Waals surface area contributed by atoms with Crippen molar-refractivity contribution in [3.63, 3.8) is 0 Å². The van der Waals surface area contributed by atoms with Crippen molar-refractivity contribution in [2.45, 2.75) is 32.9 Å². The average Bonchev–Trinajstić information content (AvgIpc) is 3.17. The van der Waals surface area contributed by atoms with E-state index in [0.29, 0.717) is 6.04 Å². The number of hydrogen-bond donors (Lipinski definition) is 2. The van der Waals surface area contributed by atoms with E-state index in [4.69, 9.17) is 0 Å². The molecule has 0 aliphatic heterocycles. The number of nitrogens with one attached hydrogen (secondary N) is 2. The highest BCUT2D eigenvalue weighted by Gasteiger charge is 2.07. The summed E-state index contributed by atoms with van der Waals surface area (Å²) in [7, 11) is 0. The third-order valence-electron chi connectivity index (χ3n) is 3.48. The lowest BCUT2D eigenvalue weighted by molar-refractivity contribution is 0.546. The first-order valence-electron chi connectivity index (χ1n) is 7.44. The summed E-state index contributed by atoms with van der Waals surface area (Å²) in [4.78, 5) is 4.37. The van der Waals surface area contributed by atoms with Gasteiger partial charge in [-0.15, -0.1) is 0 Å². The number of nitrogens with zero attached hydrogens (tertiary/aromatic N) is 4. The second-order valence-corrected chi connectivity index (χ2v) is 5.43. The van der Waals surface area contributed by atoms with E-state index in [1.54, 1.807) is 6.20 Å². The highest BCUT2D eigenvalue weighted by Crippen LogP contribution is 2.20. The van der Waals surface area contributed by atoms with Crippen molar-refractivity contribution in [1.82, 2.24) is 25.0 Å². The van der Waals surface area contributed by atoms with Gasteiger partial charge in [0.1, 0.15) is 5.82 Å². The van der Waals surface area contributed by atoms with Crippen molar-refractivity contribution in [3.05, 3.63) is 48.5 Å². The Kier molecular flexibility index (Phi) is 4.18. The summed E-state index contributed by atoms with van der Waals surface area (Å²) in [6, 6.07) is 10.5. The third kappa shape index (κ3) is 3.52. The summed E-state index contributed by atoms with van der Waals surface area (Å²) in [6.45, 7) is 4.98. The van der Waals surface area contributed by atoms with Crippen molar-refractivity contribution in [2.75, 3.05) is 5.32 Å². The van der Waals surface area contributed by atoms with Crippen LogP contribution >= 0.6 is 0 Å². The van der Waals surface area contributed by atoms with Crippen LogP contribution in [0.3, 0.4) is 0 Å². The van der Waals surface area contributed by atoms with Gasteiger partial charge in [0.2, 0.25) is 0 Å². The van der Waals surface area contributed by atoms with Crippen LogP contribution in [0.15, 0.2) is 42.7 Å². The minimum Gasteiger partial charge on any atom is -0.383 e. The molecule has 0 saturated carbocycles. The number of aryl methyl sites for hydroxylation is 2. The predicted molar refractivity (Wildman–Crippen MR) is 86.5 cm³/mol. The lowest BCUT2D eigenvalue weighted by atomic mass is 10.1. The summed E-state index contributed by atoms with van der Waals surface area (Å²) < 4.78 is 1.95. The zero-order valence-electron chi connectivity index (χ0n) is 12.8. The van der Waals surface area contributed by atoms with Gasteiger partial charge in [-0.2, -0.15) is 10.2 Å². The molecule has 0 spiro atoms. The van der Waals surface area contributed by atoms with Crippen LogP contribution in [0.5, 0.6) is 0 Å². The summed E-state index contributed by atoms with van der Waals surface area (Å²) in [5.41, 5.74) is 2.08. The summed E-state index contributed by atoms with van der Waals surface area (Å²) in [5, 5.41) is 14.8. The second-order valence-electron chi connectivity index (χ2n) is 5.43. The van der Waals surface area contributed by atoms with Gasteiger partial charge in [-0.25, -0.2) is 4.98 Å². The fourth-order valence-corrected chi connectivity index (χ4v) is 2.34. The first-order chi connectivity index (χ1) is 10.7. The Balaban J connectivity index is 1.62. The molecule has 2 N–H and O–H groups in total. The van der Waals surface area contributed by atoms with Gasteiger partial charge in [-0.05, 0) is 38.5 Å². The van der Waals surface area contributed by atoms with E-state index in [1.807, 2.05) is 36.0 Å². The minimum atomic E-state index is 0.355. The number of hydrogen-bond acceptors (Lipinski definition) is 4. The highest BCUT2D eigenvalue weighted by atomic mass is 15.3. The van der Waals surface area contributed by atoms with Gasteiger partial charge in [-0.1, -0.05) is 12.1 Å². The van der Waals surface area contributed by atoms with Crippen molar-refractivity contribution in [3.8, 4) is 11.4 Å². The van der Waals surface area contributed by atoms with E-state index in [9.17, 15) is 0 Å². The molecule has 6 nitrogen and oxygen atoms in total. The van der Waals surface area contributed by atoms with Gasteiger partial charge in [-0.3, -0.25) is 9.78 Å². The smallest absolute Gasteiger partial charge is 0.181 e. The van der Waals surface area contributed by atoms with Crippen molar-refractivity contribution in [2.24, 2.45) is 0 Å². The number of aromatic nitrogens is 5. The average molecular weight is 296 g/mol. The van der Waals surface area contributed by atoms with E-state index in [2.05, 4.69) is 44.7 Å². The normalized spacial score (nSPS) is 12.3. The lowest BCUT2D eigenvalue weighted by Gasteiger charge is -2.15. The molecule has 22 heavy (non-hydrogen) atoms. The van der Waals surface area contributed by atoms with Crippen LogP contribution in [0, 0.1) is 6.92 Å². The third-order valence-corrected chi connectivity index (χ3v) is 3.48. The van der Waals surface area contributed by atoms with Crippen LogP contribution in [-0.4, -0.2) is 31.0 Å². The number of rotatable bonds is 6. The molecule has 0 aliphatic rings. The maximum absolute atomic E-state index is 4.37. The van der Waals surface area contributed by atoms with E-state index in [1.165, 1.54) is 0 Å². The molecule has 3 aromatic rings. The molecule has 6 heteroatoms. The zero-order valence-corrected chi connectivity index (χ0v) is 12.8. The van der Waals surface area contributed by atoms with Gasteiger partial charge < -0.3 is 5.32 Å². The van der Waals surface area contributed by atoms with Crippen molar-refractivity contribution in [1.29, 1.82) is 0 Å². The molecule has 0 bridgehead atoms. The summed E-state index contributed by atoms with van der Waals surface area (Å²) >= 11 is 0. The van der Waals surface area contributed by atoms with Crippen LogP contribution in [0.2, 0.25) is 0 Å². The van der Waals surface area contributed by atoms with E-state index in [0.717, 1.165) is 35.9 Å². The quantitative estimate of drug-likeness (QED) is 0.733. The van der Waals surface area contributed by atoms with E-state index >= 15 is 0 Å². The predicted octanol–water partition coefficient (Wildman–Crippen LogP) is 2.87. The van der Waals surface area contributed by atoms with Crippen molar-refractivity contribution >= 4 is 5.69 Å². The molecule has 1 aromatic carbocycles. The lowest BCUT2D eigenvalue weighted by Crippen LogP contribution is -2.17. The van der Waals surface area contributed by atoms with Crippen LogP contribution in [-0.2, 0) is 6.54 Å². The van der Waals surface area contributed by atoms with Crippen LogP contribution in [0.1, 0.15) is 19.2 Å². The van der Waals surface area contributed by atoms with Crippen LogP contribution in [0.25, 0.3) is 11.4 Å². The van der Waals surface area contributed by atoms with Gasteiger partial charge in [0.25, 0.3) is 0 Å². The molecule has 0 amide bonds. The Morgan fingerprint density at radius 3 is 2.95 bits per heavy atom. The molecule has 0 unspecified atom stereocenters. The Labute approximate surface area is 129 Å². The van der Waals surface area contributed by atoms with Gasteiger partial charge in [0, 0.05) is 36.2 Å². The number of aromatic amines is 1. The molecule has 1 atom stereocenters. The largest absolute Gasteiger partial charge is 0.383 e. The number of H-pyrrole nitrogens is 1. The minimum absolute atomic E-state index is 0.355. The monoisotopic (exact) mass is 296 g/mol. The molecule has 3 rings (SSSR count). The molecule has 2 aromatic heterocycles. The standard InChI is InChI=1S/C16H20N6/c1-12(7-10-22-9-4-8-17-22)18-15-6-3-5-14(11-15)16-19-13(2)20-21-16/h3-6,8-9,11-12,18H,7,10H2,1-2H3,(H,19,20,21)/t12-/m0/s1. The van der Waals surface area contributed by atoms with E-state index < -0.39 is 0 Å². The molecule has 2 heterocycles. The summed E-state index contributed by atoms with van der Waals surface area (Å²) in [6.07, 6.45) is 4.80. The van der Waals surface area contributed by atoms with Gasteiger partial charge in [0.05, 0.1) is 0 Å². The fourth-order valence-electron chi connectivity index (χ4n) is 2.34. The van der Waals surface area contributed by atoms with Gasteiger partial charge in [0.15, 0.2) is 5.82 Å². The molecule has 0 fully saturated rings. The molecular formula is C16H20N6. The Morgan fingerprint density at radius 1 is 1.32 bits per heavy atom. The SMILES string of the molecule is Cc1nc(-c2cccc(N[C@@H](C)CCn3cccn3)c2)n[nH]1. The molecule has 114 valence electrons. The Bertz CT molecular complexity index is 716. The maximum Gasteiger partial charge on any atom is 0.181 e. The Hall–Kier alpha value is -2.63. The highest BCUT2D eigenvalue weighted by molar-refractivity contribution is 5.62. The van der Waals surface area contributed by atoms with Crippen LogP contribution in [0.4, 0.5) is 5.69 Å². The molecule has 0 aliphatic carbocycles. The Morgan fingerprint density at radius 2 is 2.23 bits per heavy atom. The summed E-state index contributed by atoms with van der Waals surface area (Å²) in [5.74, 6) is 1.55. The zero-order chi connectivity index (χ0) is 15.4. The first-order valence-corrected chi connectivity index (χ1v) is 7.44. The topological polar surface area (TPSA) is 71.4 Å². The second kappa shape index (κ2) is 6.43. The number of anilines is 1. The molecule has 0 saturated heterocycles. The van der Waals surface area contributed by atoms with Crippen LogP contribution < -0.4 is 5.32 Å². The van der Waals surface area contributed by atoms with Crippen molar-refractivity contribution < 1.29 is 0 Å². The maximum atomic E-state index is 4.37. The van der Waals surface area contributed by atoms with E-state index in [-0.39, 0.29) is 0 Å². The van der Waals surface area contributed by atoms with Gasteiger partial charge >= 0.3 is 0 Å². The molecular weight excluding hydrogens is 276 g/mol. The molecule has 0 radical (unpaired) electrons. The number of benzene rings is 1. The fraction of sp³-hybridized carbons (Fsp3) is 0.312. The first kappa shape index (κ1) is 14.3.